The van der Waals surface area contributed by atoms with E-state index in [1.807, 2.05) is 54.0 Å². The van der Waals surface area contributed by atoms with Crippen molar-refractivity contribution in [2.24, 2.45) is 0 Å². The van der Waals surface area contributed by atoms with Crippen LogP contribution in [0.3, 0.4) is 0 Å². The SMILES string of the molecule is Cc1nnc(SCc2nc3ccccc3c(=O)n2CC#N)n1-c1ccccc1. The van der Waals surface area contributed by atoms with Gasteiger partial charge in [0, 0.05) is 5.69 Å². The molecule has 2 heterocycles. The van der Waals surface area contributed by atoms with Crippen molar-refractivity contribution in [2.75, 3.05) is 0 Å². The van der Waals surface area contributed by atoms with Gasteiger partial charge in [-0.05, 0) is 31.2 Å². The standard InChI is InChI=1S/C20H16N6OS/c1-14-23-24-20(26(14)15-7-3-2-4-8-15)28-13-18-22-17-10-6-5-9-16(17)19(27)25(18)12-11-21/h2-10H,12-13H2,1H3. The highest BCUT2D eigenvalue weighted by Crippen LogP contribution is 2.24. The molecule has 4 rings (SSSR count). The fraction of sp³-hybridized carbons (Fsp3) is 0.150. The average Bonchev–Trinajstić information content (AvgIpc) is 3.10. The van der Waals surface area contributed by atoms with E-state index in [-0.39, 0.29) is 12.1 Å². The Morgan fingerprint density at radius 2 is 1.82 bits per heavy atom. The second-order valence-electron chi connectivity index (χ2n) is 6.08. The molecule has 28 heavy (non-hydrogen) atoms. The van der Waals surface area contributed by atoms with Gasteiger partial charge in [-0.15, -0.1) is 10.2 Å². The summed E-state index contributed by atoms with van der Waals surface area (Å²) in [7, 11) is 0. The molecule has 0 N–H and O–H groups in total. The van der Waals surface area contributed by atoms with Gasteiger partial charge < -0.3 is 0 Å². The maximum atomic E-state index is 12.8. The van der Waals surface area contributed by atoms with Gasteiger partial charge in [0.15, 0.2) is 5.16 Å². The Morgan fingerprint density at radius 3 is 2.61 bits per heavy atom. The van der Waals surface area contributed by atoms with Crippen molar-refractivity contribution in [1.82, 2.24) is 24.3 Å². The third-order valence-corrected chi connectivity index (χ3v) is 5.23. The summed E-state index contributed by atoms with van der Waals surface area (Å²) in [6.07, 6.45) is 0. The number of rotatable bonds is 5. The third-order valence-electron chi connectivity index (χ3n) is 4.31. The van der Waals surface area contributed by atoms with Crippen LogP contribution in [0.15, 0.2) is 64.5 Å². The largest absolute Gasteiger partial charge is 0.281 e. The number of fused-ring (bicyclic) bond motifs is 1. The molecule has 0 saturated carbocycles. The molecule has 0 bridgehead atoms. The van der Waals surface area contributed by atoms with E-state index in [9.17, 15) is 4.79 Å². The molecule has 2 aromatic carbocycles. The van der Waals surface area contributed by atoms with Crippen molar-refractivity contribution in [3.05, 3.63) is 76.6 Å². The first-order valence-corrected chi connectivity index (χ1v) is 9.63. The molecule has 138 valence electrons. The summed E-state index contributed by atoms with van der Waals surface area (Å²) in [6.45, 7) is 1.85. The highest BCUT2D eigenvalue weighted by molar-refractivity contribution is 7.98. The maximum Gasteiger partial charge on any atom is 0.262 e. The minimum Gasteiger partial charge on any atom is -0.281 e. The van der Waals surface area contributed by atoms with E-state index in [0.29, 0.717) is 27.6 Å². The molecular weight excluding hydrogens is 372 g/mol. The molecule has 0 aliphatic rings. The Balaban J connectivity index is 1.72. The van der Waals surface area contributed by atoms with Crippen LogP contribution in [-0.4, -0.2) is 24.3 Å². The first-order valence-electron chi connectivity index (χ1n) is 8.64. The Bertz CT molecular complexity index is 1240. The van der Waals surface area contributed by atoms with E-state index in [1.165, 1.54) is 16.3 Å². The summed E-state index contributed by atoms with van der Waals surface area (Å²) < 4.78 is 3.38. The molecular formula is C20H16N6OS. The number of benzene rings is 2. The Labute approximate surface area is 165 Å². The number of thioether (sulfide) groups is 1. The van der Waals surface area contributed by atoms with Crippen molar-refractivity contribution in [1.29, 1.82) is 5.26 Å². The van der Waals surface area contributed by atoms with Gasteiger partial charge in [0.05, 0.1) is 22.7 Å². The van der Waals surface area contributed by atoms with E-state index in [2.05, 4.69) is 15.2 Å². The second kappa shape index (κ2) is 7.66. The van der Waals surface area contributed by atoms with Gasteiger partial charge in [-0.25, -0.2) is 4.98 Å². The van der Waals surface area contributed by atoms with Gasteiger partial charge in [0.25, 0.3) is 5.56 Å². The van der Waals surface area contributed by atoms with Crippen molar-refractivity contribution in [2.45, 2.75) is 24.4 Å². The molecule has 2 aromatic heterocycles. The second-order valence-corrected chi connectivity index (χ2v) is 7.03. The lowest BCUT2D eigenvalue weighted by Gasteiger charge is -2.11. The molecule has 0 unspecified atom stereocenters. The molecule has 0 fully saturated rings. The summed E-state index contributed by atoms with van der Waals surface area (Å²) in [5.41, 5.74) is 1.38. The summed E-state index contributed by atoms with van der Waals surface area (Å²) in [4.78, 5) is 17.4. The van der Waals surface area contributed by atoms with Gasteiger partial charge in [-0.3, -0.25) is 13.9 Å². The smallest absolute Gasteiger partial charge is 0.262 e. The van der Waals surface area contributed by atoms with Crippen LogP contribution in [0.4, 0.5) is 0 Å². The summed E-state index contributed by atoms with van der Waals surface area (Å²) in [6, 6.07) is 19.1. The van der Waals surface area contributed by atoms with Crippen molar-refractivity contribution in [3.63, 3.8) is 0 Å². The van der Waals surface area contributed by atoms with Crippen LogP contribution in [-0.2, 0) is 12.3 Å². The first kappa shape index (κ1) is 17.9. The molecule has 0 atom stereocenters. The van der Waals surface area contributed by atoms with Gasteiger partial charge in [-0.2, -0.15) is 5.26 Å². The van der Waals surface area contributed by atoms with Crippen molar-refractivity contribution >= 4 is 22.7 Å². The minimum absolute atomic E-state index is 0.0447. The lowest BCUT2D eigenvalue weighted by atomic mass is 10.2. The molecule has 4 aromatic rings. The van der Waals surface area contributed by atoms with E-state index >= 15 is 0 Å². The number of hydrogen-bond donors (Lipinski definition) is 0. The number of aryl methyl sites for hydroxylation is 1. The van der Waals surface area contributed by atoms with Crippen LogP contribution in [0.25, 0.3) is 16.6 Å². The molecule has 0 radical (unpaired) electrons. The highest BCUT2D eigenvalue weighted by Gasteiger charge is 2.15. The summed E-state index contributed by atoms with van der Waals surface area (Å²) in [5.74, 6) is 1.71. The quantitative estimate of drug-likeness (QED) is 0.488. The Morgan fingerprint density at radius 1 is 1.07 bits per heavy atom. The number of para-hydroxylation sites is 2. The topological polar surface area (TPSA) is 89.4 Å². The van der Waals surface area contributed by atoms with E-state index in [4.69, 9.17) is 5.26 Å². The predicted molar refractivity (Wildman–Crippen MR) is 107 cm³/mol. The molecule has 0 amide bonds. The van der Waals surface area contributed by atoms with Crippen LogP contribution >= 0.6 is 11.8 Å². The molecule has 7 nitrogen and oxygen atoms in total. The lowest BCUT2D eigenvalue weighted by Crippen LogP contribution is -2.24. The predicted octanol–water partition coefficient (Wildman–Crippen LogP) is 3.10. The zero-order valence-electron chi connectivity index (χ0n) is 15.1. The zero-order chi connectivity index (χ0) is 19.5. The normalized spacial score (nSPS) is 10.9. The van der Waals surface area contributed by atoms with Gasteiger partial charge in [0.2, 0.25) is 0 Å². The Kier molecular flexibility index (Phi) is 4.91. The number of hydrogen-bond acceptors (Lipinski definition) is 6. The molecule has 8 heteroatoms. The molecule has 0 aliphatic heterocycles. The van der Waals surface area contributed by atoms with Crippen LogP contribution in [0, 0.1) is 18.3 Å². The first-order chi connectivity index (χ1) is 13.7. The number of nitrogens with zero attached hydrogens (tertiary/aromatic N) is 6. The fourth-order valence-electron chi connectivity index (χ4n) is 3.00. The highest BCUT2D eigenvalue weighted by atomic mass is 32.2. The average molecular weight is 388 g/mol. The van der Waals surface area contributed by atoms with E-state index in [1.54, 1.807) is 18.2 Å². The maximum absolute atomic E-state index is 12.8. The Hall–Kier alpha value is -3.44. The molecule has 0 aliphatic carbocycles. The minimum atomic E-state index is -0.205. The van der Waals surface area contributed by atoms with Crippen molar-refractivity contribution in [3.8, 4) is 11.8 Å². The van der Waals surface area contributed by atoms with Crippen LogP contribution < -0.4 is 5.56 Å². The molecule has 0 spiro atoms. The third kappa shape index (κ3) is 3.28. The van der Waals surface area contributed by atoms with Gasteiger partial charge in [-0.1, -0.05) is 42.1 Å². The summed E-state index contributed by atoms with van der Waals surface area (Å²) in [5, 5.41) is 18.8. The van der Waals surface area contributed by atoms with Crippen LogP contribution in [0.5, 0.6) is 0 Å². The van der Waals surface area contributed by atoms with Gasteiger partial charge in [0.1, 0.15) is 18.2 Å². The number of aromatic nitrogens is 5. The number of nitriles is 1. The lowest BCUT2D eigenvalue weighted by molar-refractivity contribution is 0.729. The monoisotopic (exact) mass is 388 g/mol. The van der Waals surface area contributed by atoms with E-state index < -0.39 is 0 Å². The van der Waals surface area contributed by atoms with Crippen LogP contribution in [0.1, 0.15) is 11.6 Å². The fourth-order valence-corrected chi connectivity index (χ4v) is 3.94. The zero-order valence-corrected chi connectivity index (χ0v) is 15.9. The summed E-state index contributed by atoms with van der Waals surface area (Å²) >= 11 is 1.43. The molecule has 0 saturated heterocycles. The van der Waals surface area contributed by atoms with Crippen molar-refractivity contribution < 1.29 is 0 Å². The van der Waals surface area contributed by atoms with Gasteiger partial charge >= 0.3 is 0 Å². The van der Waals surface area contributed by atoms with Crippen LogP contribution in [0.2, 0.25) is 0 Å². The van der Waals surface area contributed by atoms with E-state index in [0.717, 1.165) is 11.5 Å².